The van der Waals surface area contributed by atoms with Crippen LogP contribution in [0.3, 0.4) is 0 Å². The molecule has 4 rings (SSSR count). The molecule has 1 N–H and O–H groups in total. The van der Waals surface area contributed by atoms with E-state index in [9.17, 15) is 5.11 Å². The second-order valence-electron chi connectivity index (χ2n) is 4.82. The van der Waals surface area contributed by atoms with Gasteiger partial charge in [0.2, 0.25) is 10.9 Å². The molecule has 0 bridgehead atoms. The molecule has 0 saturated carbocycles. The second kappa shape index (κ2) is 5.36. The minimum atomic E-state index is 0.0392. The minimum Gasteiger partial charge on any atom is -0.494 e. The van der Waals surface area contributed by atoms with E-state index in [-0.39, 0.29) is 5.88 Å². The Kier molecular flexibility index (Phi) is 3.20. The molecule has 0 radical (unpaired) electrons. The Morgan fingerprint density at radius 2 is 1.87 bits per heavy atom. The highest BCUT2D eigenvalue weighted by molar-refractivity contribution is 7.21. The Hall–Kier alpha value is -2.93. The summed E-state index contributed by atoms with van der Waals surface area (Å²) in [5.74, 6) is 0.667. The van der Waals surface area contributed by atoms with Crippen LogP contribution in [-0.2, 0) is 0 Å². The Bertz CT molecular complexity index is 1040. The van der Waals surface area contributed by atoms with Gasteiger partial charge in [0.1, 0.15) is 11.4 Å². The van der Waals surface area contributed by atoms with Gasteiger partial charge in [0.25, 0.3) is 0 Å². The topological polar surface area (TPSA) is 71.5 Å². The van der Waals surface area contributed by atoms with Crippen molar-refractivity contribution in [3.63, 3.8) is 0 Å². The molecule has 0 saturated heterocycles. The molecule has 2 heterocycles. The monoisotopic (exact) mass is 324 g/mol. The summed E-state index contributed by atoms with van der Waals surface area (Å²) in [7, 11) is 1.58. The van der Waals surface area contributed by atoms with Gasteiger partial charge in [0, 0.05) is 0 Å². The Morgan fingerprint density at radius 3 is 2.74 bits per heavy atom. The molecule has 7 heteroatoms. The quantitative estimate of drug-likeness (QED) is 0.556. The summed E-state index contributed by atoms with van der Waals surface area (Å²) in [4.78, 5) is 5.16. The summed E-state index contributed by atoms with van der Waals surface area (Å²) in [6.07, 6.45) is 0. The molecular formula is C16H12N4O2S. The minimum absolute atomic E-state index is 0.0392. The number of aromatic nitrogens is 2. The molecule has 0 fully saturated rings. The van der Waals surface area contributed by atoms with Crippen LogP contribution in [0.25, 0.3) is 16.0 Å². The molecule has 114 valence electrons. The molecule has 0 atom stereocenters. The van der Waals surface area contributed by atoms with Gasteiger partial charge in [-0.05, 0) is 24.3 Å². The fourth-order valence-corrected chi connectivity index (χ4v) is 3.24. The number of aromatic hydroxyl groups is 1. The van der Waals surface area contributed by atoms with Gasteiger partial charge in [0.05, 0.1) is 18.1 Å². The second-order valence-corrected chi connectivity index (χ2v) is 5.78. The van der Waals surface area contributed by atoms with Crippen LogP contribution >= 0.6 is 11.3 Å². The van der Waals surface area contributed by atoms with Crippen LogP contribution in [-0.4, -0.2) is 21.6 Å². The SMILES string of the molecule is COc1ccccc1N=Nc1sc2nc3ccccc3n2c1O. The number of methoxy groups -OCH3 is 1. The van der Waals surface area contributed by atoms with Crippen molar-refractivity contribution < 1.29 is 9.84 Å². The molecule has 4 aromatic rings. The molecule has 0 aliphatic heterocycles. The Morgan fingerprint density at radius 1 is 1.09 bits per heavy atom. The number of rotatable bonds is 3. The van der Waals surface area contributed by atoms with Crippen molar-refractivity contribution in [2.45, 2.75) is 0 Å². The van der Waals surface area contributed by atoms with Crippen molar-refractivity contribution in [3.05, 3.63) is 48.5 Å². The maximum Gasteiger partial charge on any atom is 0.237 e. The fourth-order valence-electron chi connectivity index (χ4n) is 2.38. The van der Waals surface area contributed by atoms with Gasteiger partial charge in [-0.3, -0.25) is 4.40 Å². The van der Waals surface area contributed by atoms with E-state index < -0.39 is 0 Å². The van der Waals surface area contributed by atoms with Crippen molar-refractivity contribution in [1.29, 1.82) is 0 Å². The predicted molar refractivity (Wildman–Crippen MR) is 89.4 cm³/mol. The molecule has 6 nitrogen and oxygen atoms in total. The van der Waals surface area contributed by atoms with Gasteiger partial charge in [-0.1, -0.05) is 35.6 Å². The van der Waals surface area contributed by atoms with Crippen LogP contribution < -0.4 is 4.74 Å². The number of benzene rings is 2. The third-order valence-corrected chi connectivity index (χ3v) is 4.37. The number of ether oxygens (including phenoxy) is 1. The predicted octanol–water partition coefficient (Wildman–Crippen LogP) is 4.68. The molecule has 0 amide bonds. The van der Waals surface area contributed by atoms with Crippen LogP contribution in [0.2, 0.25) is 0 Å². The number of imidazole rings is 1. The van der Waals surface area contributed by atoms with E-state index in [4.69, 9.17) is 4.74 Å². The summed E-state index contributed by atoms with van der Waals surface area (Å²) in [5, 5.41) is 19.2. The van der Waals surface area contributed by atoms with Crippen LogP contribution in [0.5, 0.6) is 11.6 Å². The van der Waals surface area contributed by atoms with Crippen LogP contribution in [0.15, 0.2) is 58.8 Å². The molecule has 0 aliphatic rings. The molecule has 0 unspecified atom stereocenters. The number of nitrogens with zero attached hydrogens (tertiary/aromatic N) is 4. The van der Waals surface area contributed by atoms with Crippen molar-refractivity contribution in [2.75, 3.05) is 7.11 Å². The largest absolute Gasteiger partial charge is 0.494 e. The van der Waals surface area contributed by atoms with Crippen molar-refractivity contribution in [2.24, 2.45) is 10.2 Å². The van der Waals surface area contributed by atoms with E-state index in [1.807, 2.05) is 42.5 Å². The molecular weight excluding hydrogens is 312 g/mol. The molecule has 0 aliphatic carbocycles. The van der Waals surface area contributed by atoms with Gasteiger partial charge < -0.3 is 9.84 Å². The molecule has 23 heavy (non-hydrogen) atoms. The third kappa shape index (κ3) is 2.22. The maximum atomic E-state index is 10.4. The van der Waals surface area contributed by atoms with Crippen LogP contribution in [0.1, 0.15) is 0 Å². The van der Waals surface area contributed by atoms with Crippen molar-refractivity contribution in [1.82, 2.24) is 9.38 Å². The van der Waals surface area contributed by atoms with E-state index in [1.165, 1.54) is 11.3 Å². The summed E-state index contributed by atoms with van der Waals surface area (Å²) < 4.78 is 6.91. The maximum absolute atomic E-state index is 10.4. The molecule has 0 spiro atoms. The summed E-state index contributed by atoms with van der Waals surface area (Å²) in [6.45, 7) is 0. The first kappa shape index (κ1) is 13.7. The van der Waals surface area contributed by atoms with Gasteiger partial charge in [0.15, 0.2) is 4.96 Å². The van der Waals surface area contributed by atoms with E-state index >= 15 is 0 Å². The lowest BCUT2D eigenvalue weighted by Gasteiger charge is -2.01. The summed E-state index contributed by atoms with van der Waals surface area (Å²) >= 11 is 1.28. The van der Waals surface area contributed by atoms with Gasteiger partial charge >= 0.3 is 0 Å². The third-order valence-electron chi connectivity index (χ3n) is 3.45. The first-order valence-electron chi connectivity index (χ1n) is 6.91. The first-order valence-corrected chi connectivity index (χ1v) is 7.73. The number of hydrogen-bond donors (Lipinski definition) is 1. The lowest BCUT2D eigenvalue weighted by molar-refractivity contribution is 0.416. The zero-order chi connectivity index (χ0) is 15.8. The van der Waals surface area contributed by atoms with Gasteiger partial charge in [-0.25, -0.2) is 4.98 Å². The normalized spacial score (nSPS) is 11.7. The zero-order valence-corrected chi connectivity index (χ0v) is 13.0. The van der Waals surface area contributed by atoms with E-state index in [1.54, 1.807) is 17.6 Å². The number of thiazole rings is 1. The van der Waals surface area contributed by atoms with Crippen LogP contribution in [0, 0.1) is 0 Å². The lowest BCUT2D eigenvalue weighted by Crippen LogP contribution is -1.81. The van der Waals surface area contributed by atoms with Crippen LogP contribution in [0.4, 0.5) is 10.7 Å². The average Bonchev–Trinajstić information content (AvgIpc) is 3.10. The lowest BCUT2D eigenvalue weighted by atomic mass is 10.3. The van der Waals surface area contributed by atoms with Gasteiger partial charge in [-0.15, -0.1) is 10.2 Å². The summed E-state index contributed by atoms with van der Waals surface area (Å²) in [6, 6.07) is 15.0. The molecule has 2 aromatic heterocycles. The zero-order valence-electron chi connectivity index (χ0n) is 12.2. The highest BCUT2D eigenvalue weighted by Crippen LogP contribution is 2.40. The highest BCUT2D eigenvalue weighted by Gasteiger charge is 2.15. The summed E-state index contributed by atoms with van der Waals surface area (Å²) in [5.41, 5.74) is 2.28. The number of azo groups is 1. The smallest absolute Gasteiger partial charge is 0.237 e. The fraction of sp³-hybridized carbons (Fsp3) is 0.0625. The number of hydrogen-bond acceptors (Lipinski definition) is 6. The molecule has 2 aromatic carbocycles. The van der Waals surface area contributed by atoms with Gasteiger partial charge in [-0.2, -0.15) is 0 Å². The number of fused-ring (bicyclic) bond motifs is 3. The average molecular weight is 324 g/mol. The first-order chi connectivity index (χ1) is 11.3. The standard InChI is InChI=1S/C16H12N4O2S/c1-22-13-9-5-3-7-11(13)18-19-14-15(21)20-12-8-4-2-6-10(12)17-16(20)23-14/h2-9,21H,1H3. The Labute approximate surface area is 135 Å². The number of para-hydroxylation sites is 3. The Balaban J connectivity index is 1.80. The highest BCUT2D eigenvalue weighted by atomic mass is 32.1. The van der Waals surface area contributed by atoms with E-state index in [0.29, 0.717) is 21.4 Å². The van der Waals surface area contributed by atoms with E-state index in [0.717, 1.165) is 11.0 Å². The van der Waals surface area contributed by atoms with Crippen molar-refractivity contribution >= 4 is 38.0 Å². The van der Waals surface area contributed by atoms with Crippen molar-refractivity contribution in [3.8, 4) is 11.6 Å². The van der Waals surface area contributed by atoms with E-state index in [2.05, 4.69) is 15.2 Å².